The first-order chi connectivity index (χ1) is 29.0. The van der Waals surface area contributed by atoms with E-state index in [1.165, 1.54) is 141 Å². The van der Waals surface area contributed by atoms with Crippen LogP contribution in [-0.4, -0.2) is 46.9 Å². The second kappa shape index (κ2) is 47.1. The van der Waals surface area contributed by atoms with Gasteiger partial charge < -0.3 is 20.3 Å². The van der Waals surface area contributed by atoms with E-state index in [0.717, 1.165) is 77.0 Å². The van der Waals surface area contributed by atoms with Crippen molar-refractivity contribution >= 4 is 11.9 Å². The van der Waals surface area contributed by atoms with Crippen molar-refractivity contribution in [3.63, 3.8) is 0 Å². The number of aliphatic hydroxyl groups is 2. The molecule has 0 heterocycles. The molecule has 0 spiro atoms. The number of carbonyl (C=O) groups is 2. The molecule has 0 radical (unpaired) electrons. The van der Waals surface area contributed by atoms with Crippen LogP contribution in [0.5, 0.6) is 0 Å². The maximum Gasteiger partial charge on any atom is 0.306 e. The van der Waals surface area contributed by atoms with Crippen molar-refractivity contribution < 1.29 is 24.5 Å². The van der Waals surface area contributed by atoms with E-state index in [1.807, 2.05) is 0 Å². The highest BCUT2D eigenvalue weighted by molar-refractivity contribution is 5.77. The molecule has 59 heavy (non-hydrogen) atoms. The van der Waals surface area contributed by atoms with Gasteiger partial charge in [-0.15, -0.1) is 0 Å². The Labute approximate surface area is 366 Å². The average Bonchev–Trinajstić information content (AvgIpc) is 3.23. The van der Waals surface area contributed by atoms with Gasteiger partial charge in [0.1, 0.15) is 6.10 Å². The lowest BCUT2D eigenvalue weighted by Gasteiger charge is -2.24. The van der Waals surface area contributed by atoms with E-state index in [4.69, 9.17) is 4.74 Å². The highest BCUT2D eigenvalue weighted by atomic mass is 16.5. The smallest absolute Gasteiger partial charge is 0.306 e. The van der Waals surface area contributed by atoms with E-state index < -0.39 is 18.2 Å². The second-order valence-electron chi connectivity index (χ2n) is 17.6. The maximum atomic E-state index is 13.2. The van der Waals surface area contributed by atoms with Crippen LogP contribution in [0.1, 0.15) is 265 Å². The minimum Gasteiger partial charge on any atom is -0.462 e. The number of hydrogen-bond donors (Lipinski definition) is 3. The molecule has 3 atom stereocenters. The van der Waals surface area contributed by atoms with E-state index in [0.29, 0.717) is 19.3 Å². The topological polar surface area (TPSA) is 95.9 Å². The zero-order valence-corrected chi connectivity index (χ0v) is 39.4. The van der Waals surface area contributed by atoms with Gasteiger partial charge in [-0.2, -0.15) is 0 Å². The van der Waals surface area contributed by atoms with Crippen LogP contribution in [0, 0.1) is 0 Å². The third-order valence-corrected chi connectivity index (χ3v) is 11.7. The van der Waals surface area contributed by atoms with Crippen molar-refractivity contribution in [1.82, 2.24) is 5.32 Å². The van der Waals surface area contributed by atoms with Gasteiger partial charge in [-0.25, -0.2) is 0 Å². The molecule has 0 rings (SSSR count). The number of allylic oxidation sites excluding steroid dienone is 6. The summed E-state index contributed by atoms with van der Waals surface area (Å²) in [7, 11) is 0. The van der Waals surface area contributed by atoms with Crippen LogP contribution in [0.25, 0.3) is 0 Å². The lowest BCUT2D eigenvalue weighted by Crippen LogP contribution is -2.46. The molecule has 0 aromatic carbocycles. The first-order valence-corrected chi connectivity index (χ1v) is 25.7. The summed E-state index contributed by atoms with van der Waals surface area (Å²) in [5, 5.41) is 23.7. The minimum absolute atomic E-state index is 0.0644. The fourth-order valence-electron chi connectivity index (χ4n) is 7.77. The number of esters is 1. The summed E-state index contributed by atoms with van der Waals surface area (Å²) in [6.07, 6.45) is 54.8. The Kier molecular flexibility index (Phi) is 45.6. The van der Waals surface area contributed by atoms with Gasteiger partial charge in [0, 0.05) is 6.42 Å². The predicted molar refractivity (Wildman–Crippen MR) is 255 cm³/mol. The zero-order chi connectivity index (χ0) is 43.1. The number of unbranched alkanes of at least 4 members (excludes halogenated alkanes) is 29. The largest absolute Gasteiger partial charge is 0.462 e. The van der Waals surface area contributed by atoms with Crippen molar-refractivity contribution in [2.24, 2.45) is 0 Å². The first-order valence-electron chi connectivity index (χ1n) is 25.7. The molecule has 6 nitrogen and oxygen atoms in total. The van der Waals surface area contributed by atoms with Gasteiger partial charge in [0.25, 0.3) is 0 Å². The summed E-state index contributed by atoms with van der Waals surface area (Å²) in [6, 6.07) is -0.706. The Bertz CT molecular complexity index is 977. The van der Waals surface area contributed by atoms with Crippen LogP contribution in [0.15, 0.2) is 36.5 Å². The molecule has 0 aromatic rings. The average molecular weight is 830 g/mol. The summed E-state index contributed by atoms with van der Waals surface area (Å²) in [6.45, 7) is 6.44. The molecular formula is C53H99NO5. The van der Waals surface area contributed by atoms with Gasteiger partial charge in [-0.3, -0.25) is 9.59 Å². The Morgan fingerprint density at radius 3 is 1.36 bits per heavy atom. The molecule has 0 saturated carbocycles. The molecule has 0 fully saturated rings. The molecule has 0 aromatic heterocycles. The monoisotopic (exact) mass is 830 g/mol. The minimum atomic E-state index is -0.791. The van der Waals surface area contributed by atoms with Crippen LogP contribution in [0.3, 0.4) is 0 Å². The summed E-state index contributed by atoms with van der Waals surface area (Å²) in [5.74, 6) is -0.492. The fourth-order valence-corrected chi connectivity index (χ4v) is 7.77. The van der Waals surface area contributed by atoms with E-state index in [2.05, 4.69) is 62.5 Å². The lowest BCUT2D eigenvalue weighted by molar-refractivity contribution is -0.151. The third kappa shape index (κ3) is 42.6. The molecule has 0 aliphatic heterocycles. The van der Waals surface area contributed by atoms with Gasteiger partial charge in [0.2, 0.25) is 5.91 Å². The van der Waals surface area contributed by atoms with Crippen molar-refractivity contribution in [3.05, 3.63) is 36.5 Å². The molecule has 0 aliphatic rings. The van der Waals surface area contributed by atoms with Gasteiger partial charge in [0.15, 0.2) is 0 Å². The van der Waals surface area contributed by atoms with Crippen molar-refractivity contribution in [3.8, 4) is 0 Å². The molecule has 0 bridgehead atoms. The Morgan fingerprint density at radius 1 is 0.492 bits per heavy atom. The highest BCUT2D eigenvalue weighted by Gasteiger charge is 2.24. The highest BCUT2D eigenvalue weighted by Crippen LogP contribution is 2.18. The summed E-state index contributed by atoms with van der Waals surface area (Å²) >= 11 is 0. The van der Waals surface area contributed by atoms with E-state index in [1.54, 1.807) is 0 Å². The van der Waals surface area contributed by atoms with Crippen molar-refractivity contribution in [2.75, 3.05) is 6.61 Å². The van der Waals surface area contributed by atoms with Crippen LogP contribution < -0.4 is 5.32 Å². The Hall–Kier alpha value is -1.92. The van der Waals surface area contributed by atoms with Gasteiger partial charge in [-0.05, 0) is 77.0 Å². The molecule has 1 amide bonds. The van der Waals surface area contributed by atoms with Crippen LogP contribution >= 0.6 is 0 Å². The SMILES string of the molecule is CCCCC/C=C/C=C/CCCCCCC(CC(=O)NC(CO)C(O)CCCCCCCCCCCCCC)OC(=O)CCCCCCCCC/C=C\CCCCCC. The van der Waals surface area contributed by atoms with E-state index in [9.17, 15) is 19.8 Å². The molecule has 3 N–H and O–H groups in total. The molecule has 3 unspecified atom stereocenters. The lowest BCUT2D eigenvalue weighted by atomic mass is 10.0. The van der Waals surface area contributed by atoms with Gasteiger partial charge in [0.05, 0.1) is 25.2 Å². The standard InChI is InChI=1S/C53H99NO5/c1-4-7-10-13-16-19-22-25-26-28-31-34-37-40-43-46-53(58)59-49(44-41-38-35-32-29-27-23-20-17-14-11-8-5-2)47-52(57)54-50(48-55)51(56)45-42-39-36-33-30-24-21-18-15-12-9-6-3/h17,19-20,22-23,27,49-51,55-56H,4-16,18,21,24-26,28-48H2,1-3H3,(H,54,57)/b20-17+,22-19-,27-23+. The Morgan fingerprint density at radius 2 is 0.864 bits per heavy atom. The summed E-state index contributed by atoms with van der Waals surface area (Å²) < 4.78 is 5.92. The third-order valence-electron chi connectivity index (χ3n) is 11.7. The molecule has 0 aliphatic carbocycles. The zero-order valence-electron chi connectivity index (χ0n) is 39.4. The van der Waals surface area contributed by atoms with Crippen LogP contribution in [-0.2, 0) is 14.3 Å². The molecular weight excluding hydrogens is 731 g/mol. The second-order valence-corrected chi connectivity index (χ2v) is 17.6. The van der Waals surface area contributed by atoms with E-state index in [-0.39, 0.29) is 24.9 Å². The molecule has 6 heteroatoms. The summed E-state index contributed by atoms with van der Waals surface area (Å²) in [5.41, 5.74) is 0. The number of aliphatic hydroxyl groups excluding tert-OH is 2. The number of amides is 1. The fraction of sp³-hybridized carbons (Fsp3) is 0.849. The number of nitrogens with one attached hydrogen (secondary N) is 1. The normalized spacial score (nSPS) is 13.5. The Balaban J connectivity index is 4.59. The number of ether oxygens (including phenoxy) is 1. The maximum absolute atomic E-state index is 13.2. The first kappa shape index (κ1) is 57.1. The predicted octanol–water partition coefficient (Wildman–Crippen LogP) is 15.3. The number of carbonyl (C=O) groups excluding carboxylic acids is 2. The van der Waals surface area contributed by atoms with Crippen molar-refractivity contribution in [1.29, 1.82) is 0 Å². The van der Waals surface area contributed by atoms with Gasteiger partial charge in [-0.1, -0.05) is 211 Å². The summed E-state index contributed by atoms with van der Waals surface area (Å²) in [4.78, 5) is 26.1. The quantitative estimate of drug-likeness (QED) is 0.0246. The number of hydrogen-bond acceptors (Lipinski definition) is 5. The number of rotatable bonds is 46. The molecule has 0 saturated heterocycles. The van der Waals surface area contributed by atoms with Crippen LogP contribution in [0.2, 0.25) is 0 Å². The van der Waals surface area contributed by atoms with Gasteiger partial charge >= 0.3 is 5.97 Å². The molecule has 346 valence electrons. The van der Waals surface area contributed by atoms with Crippen LogP contribution in [0.4, 0.5) is 0 Å². The van der Waals surface area contributed by atoms with Crippen molar-refractivity contribution in [2.45, 2.75) is 283 Å². The van der Waals surface area contributed by atoms with E-state index >= 15 is 0 Å².